The van der Waals surface area contributed by atoms with Gasteiger partial charge in [0.15, 0.2) is 0 Å². The van der Waals surface area contributed by atoms with Gasteiger partial charge in [0.05, 0.1) is 0 Å². The summed E-state index contributed by atoms with van der Waals surface area (Å²) >= 11 is 0. The van der Waals surface area contributed by atoms with Gasteiger partial charge in [-0.05, 0) is 57.9 Å². The van der Waals surface area contributed by atoms with Gasteiger partial charge < -0.3 is 16.0 Å². The van der Waals surface area contributed by atoms with E-state index in [1.807, 2.05) is 19.9 Å². The van der Waals surface area contributed by atoms with Gasteiger partial charge in [-0.1, -0.05) is 19.1 Å². The molecule has 0 saturated carbocycles. The van der Waals surface area contributed by atoms with Crippen molar-refractivity contribution in [2.75, 3.05) is 18.0 Å². The van der Waals surface area contributed by atoms with Crippen LogP contribution in [0, 0.1) is 6.92 Å². The van der Waals surface area contributed by atoms with Gasteiger partial charge in [0.2, 0.25) is 5.91 Å². The maximum Gasteiger partial charge on any atom is 0.242 e. The third-order valence-electron chi connectivity index (χ3n) is 3.78. The Balaban J connectivity index is 2.88. The van der Waals surface area contributed by atoms with Crippen LogP contribution in [0.2, 0.25) is 0 Å². The Morgan fingerprint density at radius 3 is 2.67 bits per heavy atom. The minimum atomic E-state index is -0.202. The van der Waals surface area contributed by atoms with Gasteiger partial charge >= 0.3 is 0 Å². The van der Waals surface area contributed by atoms with Crippen molar-refractivity contribution in [3.8, 4) is 0 Å². The maximum absolute atomic E-state index is 12.4. The molecular formula is C17H29N3O. The summed E-state index contributed by atoms with van der Waals surface area (Å²) in [6.45, 7) is 9.53. The summed E-state index contributed by atoms with van der Waals surface area (Å²) in [7, 11) is 0. The second-order valence-corrected chi connectivity index (χ2v) is 5.67. The van der Waals surface area contributed by atoms with Crippen LogP contribution < -0.4 is 16.0 Å². The molecule has 2 unspecified atom stereocenters. The average Bonchev–Trinajstić information content (AvgIpc) is 2.47. The first-order valence-corrected chi connectivity index (χ1v) is 7.83. The van der Waals surface area contributed by atoms with E-state index >= 15 is 0 Å². The van der Waals surface area contributed by atoms with Crippen LogP contribution in [0.1, 0.15) is 39.2 Å². The van der Waals surface area contributed by atoms with Crippen LogP contribution in [0.3, 0.4) is 0 Å². The van der Waals surface area contributed by atoms with E-state index in [0.29, 0.717) is 6.54 Å². The van der Waals surface area contributed by atoms with Gasteiger partial charge in [0.25, 0.3) is 0 Å². The smallest absolute Gasteiger partial charge is 0.242 e. The zero-order chi connectivity index (χ0) is 15.8. The zero-order valence-corrected chi connectivity index (χ0v) is 13.7. The fourth-order valence-electron chi connectivity index (χ4n) is 2.22. The molecule has 0 aromatic heterocycles. The third kappa shape index (κ3) is 5.38. The fourth-order valence-corrected chi connectivity index (χ4v) is 2.22. The molecule has 0 saturated heterocycles. The molecule has 0 aliphatic rings. The van der Waals surface area contributed by atoms with Crippen LogP contribution >= 0.6 is 0 Å². The summed E-state index contributed by atoms with van der Waals surface area (Å²) in [5.41, 5.74) is 7.91. The van der Waals surface area contributed by atoms with Crippen molar-refractivity contribution in [2.24, 2.45) is 5.73 Å². The zero-order valence-electron chi connectivity index (χ0n) is 13.7. The Kier molecular flexibility index (Phi) is 7.23. The second kappa shape index (κ2) is 8.67. The molecule has 0 spiro atoms. The highest BCUT2D eigenvalue weighted by Crippen LogP contribution is 2.19. The van der Waals surface area contributed by atoms with E-state index in [0.717, 1.165) is 25.1 Å². The largest absolute Gasteiger partial charge is 0.360 e. The van der Waals surface area contributed by atoms with Gasteiger partial charge in [0, 0.05) is 18.3 Å². The van der Waals surface area contributed by atoms with Crippen molar-refractivity contribution < 1.29 is 4.79 Å². The number of carbonyl (C=O) groups excluding carboxylic acids is 1. The molecule has 1 amide bonds. The van der Waals surface area contributed by atoms with Crippen LogP contribution in [0.4, 0.5) is 5.69 Å². The van der Waals surface area contributed by atoms with Crippen molar-refractivity contribution in [3.05, 3.63) is 29.8 Å². The highest BCUT2D eigenvalue weighted by atomic mass is 16.2. The number of anilines is 1. The molecule has 0 aliphatic carbocycles. The first kappa shape index (κ1) is 17.5. The molecule has 0 fully saturated rings. The highest BCUT2D eigenvalue weighted by Gasteiger charge is 2.22. The van der Waals surface area contributed by atoms with Crippen molar-refractivity contribution in [2.45, 2.75) is 52.6 Å². The number of nitrogens with two attached hydrogens (primary N) is 1. The third-order valence-corrected chi connectivity index (χ3v) is 3.78. The number of rotatable bonds is 8. The number of hydrogen-bond donors (Lipinski definition) is 2. The average molecular weight is 291 g/mol. The van der Waals surface area contributed by atoms with Crippen LogP contribution in [0.15, 0.2) is 24.3 Å². The standard InChI is InChI=1S/C17H29N3O/c1-5-14(3)19-17(21)15(4)20(11-7-10-18)16-9-6-8-13(2)12-16/h6,8-9,12,14-15H,5,7,10-11,18H2,1-4H3,(H,19,21). The predicted molar refractivity (Wildman–Crippen MR) is 89.6 cm³/mol. The van der Waals surface area contributed by atoms with Crippen LogP contribution in [-0.4, -0.2) is 31.1 Å². The molecule has 4 heteroatoms. The van der Waals surface area contributed by atoms with Gasteiger partial charge in [0.1, 0.15) is 6.04 Å². The molecule has 21 heavy (non-hydrogen) atoms. The number of aryl methyl sites for hydroxylation is 1. The molecule has 0 radical (unpaired) electrons. The van der Waals surface area contributed by atoms with E-state index < -0.39 is 0 Å². The van der Waals surface area contributed by atoms with E-state index in [1.54, 1.807) is 0 Å². The van der Waals surface area contributed by atoms with Gasteiger partial charge in [-0.15, -0.1) is 0 Å². The number of amides is 1. The summed E-state index contributed by atoms with van der Waals surface area (Å²) in [5.74, 6) is 0.0721. The second-order valence-electron chi connectivity index (χ2n) is 5.67. The van der Waals surface area contributed by atoms with E-state index in [4.69, 9.17) is 5.73 Å². The van der Waals surface area contributed by atoms with Crippen LogP contribution in [0.25, 0.3) is 0 Å². The van der Waals surface area contributed by atoms with Gasteiger partial charge in [-0.2, -0.15) is 0 Å². The molecule has 0 heterocycles. The Morgan fingerprint density at radius 2 is 2.10 bits per heavy atom. The Morgan fingerprint density at radius 1 is 1.38 bits per heavy atom. The maximum atomic E-state index is 12.4. The van der Waals surface area contributed by atoms with Crippen molar-refractivity contribution in [1.29, 1.82) is 0 Å². The molecule has 0 aliphatic heterocycles. The molecule has 1 rings (SSSR count). The SMILES string of the molecule is CCC(C)NC(=O)C(C)N(CCCN)c1cccc(C)c1. The molecule has 3 N–H and O–H groups in total. The predicted octanol–water partition coefficient (Wildman–Crippen LogP) is 2.45. The van der Waals surface area contributed by atoms with Crippen molar-refractivity contribution in [1.82, 2.24) is 5.32 Å². The fraction of sp³-hybridized carbons (Fsp3) is 0.588. The number of carbonyl (C=O) groups is 1. The lowest BCUT2D eigenvalue weighted by Crippen LogP contribution is -2.48. The van der Waals surface area contributed by atoms with E-state index in [1.165, 1.54) is 5.56 Å². The summed E-state index contributed by atoms with van der Waals surface area (Å²) in [6.07, 6.45) is 1.81. The van der Waals surface area contributed by atoms with Crippen molar-refractivity contribution in [3.63, 3.8) is 0 Å². The number of hydrogen-bond acceptors (Lipinski definition) is 3. The molecular weight excluding hydrogens is 262 g/mol. The molecule has 4 nitrogen and oxygen atoms in total. The number of nitrogens with zero attached hydrogens (tertiary/aromatic N) is 1. The topological polar surface area (TPSA) is 58.4 Å². The molecule has 118 valence electrons. The Hall–Kier alpha value is -1.55. The van der Waals surface area contributed by atoms with E-state index in [9.17, 15) is 4.79 Å². The van der Waals surface area contributed by atoms with Gasteiger partial charge in [-0.25, -0.2) is 0 Å². The lowest BCUT2D eigenvalue weighted by molar-refractivity contribution is -0.122. The molecule has 1 aromatic carbocycles. The normalized spacial score (nSPS) is 13.6. The minimum Gasteiger partial charge on any atom is -0.360 e. The summed E-state index contributed by atoms with van der Waals surface area (Å²) < 4.78 is 0. The minimum absolute atomic E-state index is 0.0721. The van der Waals surface area contributed by atoms with Crippen LogP contribution in [0.5, 0.6) is 0 Å². The van der Waals surface area contributed by atoms with E-state index in [-0.39, 0.29) is 18.0 Å². The number of benzene rings is 1. The van der Waals surface area contributed by atoms with Crippen LogP contribution in [-0.2, 0) is 4.79 Å². The summed E-state index contributed by atoms with van der Waals surface area (Å²) in [6, 6.07) is 8.26. The highest BCUT2D eigenvalue weighted by molar-refractivity contribution is 5.85. The van der Waals surface area contributed by atoms with E-state index in [2.05, 4.69) is 42.3 Å². The van der Waals surface area contributed by atoms with Crippen molar-refractivity contribution >= 4 is 11.6 Å². The lowest BCUT2D eigenvalue weighted by Gasteiger charge is -2.31. The molecule has 2 atom stereocenters. The quantitative estimate of drug-likeness (QED) is 0.773. The van der Waals surface area contributed by atoms with Gasteiger partial charge in [-0.3, -0.25) is 4.79 Å². The number of nitrogens with one attached hydrogen (secondary N) is 1. The monoisotopic (exact) mass is 291 g/mol. The molecule has 1 aromatic rings. The lowest BCUT2D eigenvalue weighted by atomic mass is 10.1. The Bertz CT molecular complexity index is 447. The summed E-state index contributed by atoms with van der Waals surface area (Å²) in [4.78, 5) is 14.5. The Labute approximate surface area is 128 Å². The molecule has 0 bridgehead atoms. The summed E-state index contributed by atoms with van der Waals surface area (Å²) in [5, 5.41) is 3.06. The first-order chi connectivity index (χ1) is 9.99. The first-order valence-electron chi connectivity index (χ1n) is 7.83.